The van der Waals surface area contributed by atoms with E-state index in [0.29, 0.717) is 5.52 Å². The molecular weight excluding hydrogens is 292 g/mol. The Labute approximate surface area is 131 Å². The topological polar surface area (TPSA) is 90.4 Å². The van der Waals surface area contributed by atoms with Gasteiger partial charge >= 0.3 is 6.09 Å². The van der Waals surface area contributed by atoms with Crippen molar-refractivity contribution in [2.75, 3.05) is 11.9 Å². The second kappa shape index (κ2) is 5.24. The average molecular weight is 306 g/mol. The third kappa shape index (κ3) is 2.44. The standard InChI is InChI=1S/C17H14N4O2/c22-17(23)21-16-19-13-6-5-11(9-14(13)20-16)15-12-4-2-1-3-10(12)7-8-18-15/h1-6,9H,7-8H2,(H,22,23)(H2,19,20,21). The van der Waals surface area contributed by atoms with Gasteiger partial charge in [-0.3, -0.25) is 10.3 Å². The fourth-order valence-corrected chi connectivity index (χ4v) is 2.91. The van der Waals surface area contributed by atoms with Crippen molar-refractivity contribution in [1.29, 1.82) is 0 Å². The number of nitrogens with one attached hydrogen (secondary N) is 2. The maximum atomic E-state index is 10.7. The van der Waals surface area contributed by atoms with Gasteiger partial charge in [0.15, 0.2) is 0 Å². The number of amides is 1. The molecule has 1 aliphatic rings. The lowest BCUT2D eigenvalue weighted by Crippen LogP contribution is -2.13. The molecule has 2 aromatic carbocycles. The number of hydrogen-bond donors (Lipinski definition) is 3. The van der Waals surface area contributed by atoms with Crippen LogP contribution >= 0.6 is 0 Å². The minimum absolute atomic E-state index is 0.218. The number of benzene rings is 2. The lowest BCUT2D eigenvalue weighted by molar-refractivity contribution is 0.209. The molecule has 0 atom stereocenters. The summed E-state index contributed by atoms with van der Waals surface area (Å²) in [4.78, 5) is 22.6. The number of aliphatic imine (C=N–C) groups is 1. The van der Waals surface area contributed by atoms with E-state index in [1.165, 1.54) is 5.56 Å². The lowest BCUT2D eigenvalue weighted by atomic mass is 9.93. The van der Waals surface area contributed by atoms with Crippen LogP contribution in [0, 0.1) is 0 Å². The van der Waals surface area contributed by atoms with Gasteiger partial charge in [-0.15, -0.1) is 0 Å². The largest absolute Gasteiger partial charge is 0.465 e. The number of imidazole rings is 1. The van der Waals surface area contributed by atoms with Crippen LogP contribution in [0.1, 0.15) is 16.7 Å². The number of anilines is 1. The first-order chi connectivity index (χ1) is 11.2. The van der Waals surface area contributed by atoms with Crippen LogP contribution in [0.3, 0.4) is 0 Å². The first kappa shape index (κ1) is 13.5. The Bertz CT molecular complexity index is 943. The third-order valence-corrected chi connectivity index (χ3v) is 3.90. The zero-order chi connectivity index (χ0) is 15.8. The molecule has 6 heteroatoms. The number of aromatic nitrogens is 2. The SMILES string of the molecule is O=C(O)Nc1nc2ccc(C3=NCCc4ccccc43)cc2[nH]1. The predicted molar refractivity (Wildman–Crippen MR) is 88.4 cm³/mol. The Balaban J connectivity index is 1.77. The number of aromatic amines is 1. The van der Waals surface area contributed by atoms with Crippen molar-refractivity contribution >= 4 is 28.8 Å². The van der Waals surface area contributed by atoms with Gasteiger partial charge < -0.3 is 10.1 Å². The van der Waals surface area contributed by atoms with Crippen molar-refractivity contribution in [3.63, 3.8) is 0 Å². The van der Waals surface area contributed by atoms with E-state index in [9.17, 15) is 4.79 Å². The van der Waals surface area contributed by atoms with E-state index in [2.05, 4.69) is 32.4 Å². The summed E-state index contributed by atoms with van der Waals surface area (Å²) in [5.41, 5.74) is 5.91. The molecule has 3 N–H and O–H groups in total. The first-order valence-electron chi connectivity index (χ1n) is 7.33. The molecule has 1 aromatic heterocycles. The van der Waals surface area contributed by atoms with E-state index in [1.54, 1.807) is 0 Å². The highest BCUT2D eigenvalue weighted by Gasteiger charge is 2.16. The van der Waals surface area contributed by atoms with Crippen LogP contribution in [-0.2, 0) is 6.42 Å². The van der Waals surface area contributed by atoms with Crippen molar-refractivity contribution in [3.05, 3.63) is 59.2 Å². The number of hydrogen-bond acceptors (Lipinski definition) is 3. The fraction of sp³-hybridized carbons (Fsp3) is 0.118. The Morgan fingerprint density at radius 2 is 2.09 bits per heavy atom. The van der Waals surface area contributed by atoms with Gasteiger partial charge in [0.1, 0.15) is 0 Å². The molecular formula is C17H14N4O2. The second-order valence-corrected chi connectivity index (χ2v) is 5.38. The van der Waals surface area contributed by atoms with E-state index in [-0.39, 0.29) is 5.95 Å². The predicted octanol–water partition coefficient (Wildman–Crippen LogP) is 3.05. The Kier molecular flexibility index (Phi) is 3.08. The normalized spacial score (nSPS) is 13.5. The third-order valence-electron chi connectivity index (χ3n) is 3.90. The van der Waals surface area contributed by atoms with Gasteiger partial charge in [-0.05, 0) is 24.1 Å². The molecule has 6 nitrogen and oxygen atoms in total. The Morgan fingerprint density at radius 3 is 2.96 bits per heavy atom. The summed E-state index contributed by atoms with van der Waals surface area (Å²) in [5.74, 6) is 0.218. The maximum absolute atomic E-state index is 10.7. The molecule has 4 rings (SSSR count). The molecule has 114 valence electrons. The van der Waals surface area contributed by atoms with Crippen molar-refractivity contribution in [3.8, 4) is 0 Å². The number of rotatable bonds is 2. The molecule has 1 amide bonds. The number of H-pyrrole nitrogens is 1. The summed E-state index contributed by atoms with van der Waals surface area (Å²) in [6.45, 7) is 0.777. The smallest absolute Gasteiger partial charge is 0.411 e. The molecule has 0 fully saturated rings. The van der Waals surface area contributed by atoms with Crippen molar-refractivity contribution in [1.82, 2.24) is 9.97 Å². The summed E-state index contributed by atoms with van der Waals surface area (Å²) >= 11 is 0. The number of carboxylic acid groups (broad SMARTS) is 1. The van der Waals surface area contributed by atoms with E-state index >= 15 is 0 Å². The summed E-state index contributed by atoms with van der Waals surface area (Å²) in [6.07, 6.45) is -0.187. The second-order valence-electron chi connectivity index (χ2n) is 5.38. The molecule has 0 saturated carbocycles. The van der Waals surface area contributed by atoms with Crippen molar-refractivity contribution in [2.24, 2.45) is 4.99 Å². The highest BCUT2D eigenvalue weighted by atomic mass is 16.4. The van der Waals surface area contributed by atoms with Gasteiger partial charge in [0, 0.05) is 17.7 Å². The van der Waals surface area contributed by atoms with Gasteiger partial charge in [0.2, 0.25) is 5.95 Å². The Hall–Kier alpha value is -3.15. The van der Waals surface area contributed by atoms with E-state index in [4.69, 9.17) is 5.11 Å². The lowest BCUT2D eigenvalue weighted by Gasteiger charge is -2.16. The van der Waals surface area contributed by atoms with Crippen molar-refractivity contribution < 1.29 is 9.90 Å². The fourth-order valence-electron chi connectivity index (χ4n) is 2.91. The maximum Gasteiger partial charge on any atom is 0.411 e. The molecule has 0 radical (unpaired) electrons. The van der Waals surface area contributed by atoms with Gasteiger partial charge in [-0.1, -0.05) is 30.3 Å². The average Bonchev–Trinajstić information content (AvgIpc) is 2.94. The summed E-state index contributed by atoms with van der Waals surface area (Å²) in [7, 11) is 0. The molecule has 1 aliphatic heterocycles. The molecule has 0 saturated heterocycles. The first-order valence-corrected chi connectivity index (χ1v) is 7.33. The zero-order valence-corrected chi connectivity index (χ0v) is 12.2. The van der Waals surface area contributed by atoms with E-state index in [1.807, 2.05) is 30.3 Å². The molecule has 3 aromatic rings. The van der Waals surface area contributed by atoms with Crippen LogP contribution in [0.15, 0.2) is 47.5 Å². The summed E-state index contributed by atoms with van der Waals surface area (Å²) < 4.78 is 0. The van der Waals surface area contributed by atoms with Gasteiger partial charge in [0.25, 0.3) is 0 Å². The molecule has 23 heavy (non-hydrogen) atoms. The van der Waals surface area contributed by atoms with Crippen LogP contribution in [0.5, 0.6) is 0 Å². The van der Waals surface area contributed by atoms with Crippen molar-refractivity contribution in [2.45, 2.75) is 6.42 Å². The van der Waals surface area contributed by atoms with Crippen LogP contribution in [0.25, 0.3) is 11.0 Å². The Morgan fingerprint density at radius 1 is 1.22 bits per heavy atom. The highest BCUT2D eigenvalue weighted by molar-refractivity contribution is 6.15. The zero-order valence-electron chi connectivity index (χ0n) is 12.2. The number of fused-ring (bicyclic) bond motifs is 2. The highest BCUT2D eigenvalue weighted by Crippen LogP contribution is 2.23. The summed E-state index contributed by atoms with van der Waals surface area (Å²) in [6, 6.07) is 14.1. The van der Waals surface area contributed by atoms with Crippen LogP contribution in [0.2, 0.25) is 0 Å². The number of nitrogens with zero attached hydrogens (tertiary/aromatic N) is 2. The van der Waals surface area contributed by atoms with Crippen LogP contribution in [-0.4, -0.2) is 33.4 Å². The van der Waals surface area contributed by atoms with Gasteiger partial charge in [-0.25, -0.2) is 9.78 Å². The minimum atomic E-state index is -1.14. The van der Waals surface area contributed by atoms with Crippen LogP contribution in [0.4, 0.5) is 10.7 Å². The molecule has 0 bridgehead atoms. The summed E-state index contributed by atoms with van der Waals surface area (Å²) in [5, 5.41) is 11.0. The quantitative estimate of drug-likeness (QED) is 0.679. The van der Waals surface area contributed by atoms with Gasteiger partial charge in [0.05, 0.1) is 16.7 Å². The monoisotopic (exact) mass is 306 g/mol. The van der Waals surface area contributed by atoms with E-state index in [0.717, 1.165) is 35.3 Å². The molecule has 2 heterocycles. The molecule has 0 spiro atoms. The number of carbonyl (C=O) groups is 1. The molecule has 0 aliphatic carbocycles. The van der Waals surface area contributed by atoms with E-state index < -0.39 is 6.09 Å². The molecule has 0 unspecified atom stereocenters. The van der Waals surface area contributed by atoms with Gasteiger partial charge in [-0.2, -0.15) is 0 Å². The minimum Gasteiger partial charge on any atom is -0.465 e. The van der Waals surface area contributed by atoms with Crippen LogP contribution < -0.4 is 5.32 Å².